The van der Waals surface area contributed by atoms with Crippen molar-refractivity contribution in [3.8, 4) is 11.1 Å². The molecule has 178 valence electrons. The molecule has 0 aromatic heterocycles. The van der Waals surface area contributed by atoms with Gasteiger partial charge in [0.1, 0.15) is 0 Å². The Hall–Kier alpha value is -1.26. The van der Waals surface area contributed by atoms with Gasteiger partial charge in [-0.1, -0.05) is 55.8 Å². The Kier molecular flexibility index (Phi) is 9.09. The molecule has 0 aliphatic rings. The highest BCUT2D eigenvalue weighted by molar-refractivity contribution is 7.53. The summed E-state index contributed by atoms with van der Waals surface area (Å²) in [4.78, 5) is 20.8. The molecule has 6 nitrogen and oxygen atoms in total. The normalized spacial score (nSPS) is 12.9. The summed E-state index contributed by atoms with van der Waals surface area (Å²) in [5.41, 5.74) is 5.04. The summed E-state index contributed by atoms with van der Waals surface area (Å²) in [5.74, 6) is 0. The number of rotatable bonds is 11. The largest absolute Gasteiger partial charge is 0.335 e. The maximum atomic E-state index is 13.1. The number of benzene rings is 2. The van der Waals surface area contributed by atoms with E-state index in [1.54, 1.807) is 26.0 Å². The molecule has 0 aliphatic carbocycles. The maximum Gasteiger partial charge on any atom is 0.335 e. The lowest BCUT2D eigenvalue weighted by molar-refractivity contribution is 0.219. The number of hydrogen-bond acceptors (Lipinski definition) is 4. The summed E-state index contributed by atoms with van der Waals surface area (Å²) in [5, 5.41) is -1.30. The lowest BCUT2D eigenvalue weighted by Gasteiger charge is -2.35. The van der Waals surface area contributed by atoms with Crippen molar-refractivity contribution in [2.75, 3.05) is 13.2 Å². The molecule has 8 heteroatoms. The van der Waals surface area contributed by atoms with Crippen LogP contribution in [0.25, 0.3) is 11.1 Å². The second-order valence-corrected chi connectivity index (χ2v) is 12.1. The Balaban J connectivity index is 2.80. The lowest BCUT2D eigenvalue weighted by Crippen LogP contribution is -2.25. The minimum Gasteiger partial charge on any atom is -0.324 e. The van der Waals surface area contributed by atoms with Gasteiger partial charge >= 0.3 is 15.2 Å². The highest BCUT2D eigenvalue weighted by Gasteiger charge is 2.46. The van der Waals surface area contributed by atoms with Crippen LogP contribution in [0.4, 0.5) is 0 Å². The summed E-state index contributed by atoms with van der Waals surface area (Å²) >= 11 is 0. The average molecular weight is 482 g/mol. The summed E-state index contributed by atoms with van der Waals surface area (Å²) in [7, 11) is -7.81. The van der Waals surface area contributed by atoms with E-state index in [1.165, 1.54) is 0 Å². The highest BCUT2D eigenvalue weighted by Crippen LogP contribution is 2.62. The van der Waals surface area contributed by atoms with Crippen molar-refractivity contribution in [3.05, 3.63) is 58.7 Å². The maximum absolute atomic E-state index is 13.1. The topological polar surface area (TPSA) is 93.1 Å². The van der Waals surface area contributed by atoms with Crippen molar-refractivity contribution in [1.29, 1.82) is 0 Å². The van der Waals surface area contributed by atoms with Crippen molar-refractivity contribution in [2.45, 2.75) is 65.7 Å². The fraction of sp³-hybridized carbons (Fsp3) is 0.500. The minimum atomic E-state index is -4.48. The molecule has 32 heavy (non-hydrogen) atoms. The predicted molar refractivity (Wildman–Crippen MR) is 130 cm³/mol. The molecule has 2 N–H and O–H groups in total. The Morgan fingerprint density at radius 2 is 1.44 bits per heavy atom. The standard InChI is InChI=1S/C24H36O6P2/c1-7-24(8-2,32(26,27)28)23-14-13-20(17-31(25,29-9-3)30-10-4)16-22(23)21-15-18(5)11-12-19(21)6/h11-16H,7-10,17H2,1-6H3,(H2,26,27,28). The zero-order chi connectivity index (χ0) is 24.2. The molecular weight excluding hydrogens is 446 g/mol. The van der Waals surface area contributed by atoms with Crippen LogP contribution in [0.3, 0.4) is 0 Å². The zero-order valence-electron chi connectivity index (χ0n) is 19.9. The third-order valence-electron chi connectivity index (χ3n) is 6.02. The average Bonchev–Trinajstić information content (AvgIpc) is 2.71. The van der Waals surface area contributed by atoms with Crippen LogP contribution in [0.15, 0.2) is 36.4 Å². The van der Waals surface area contributed by atoms with Gasteiger partial charge in [0.25, 0.3) is 0 Å². The molecule has 0 unspecified atom stereocenters. The fourth-order valence-electron chi connectivity index (χ4n) is 4.29. The number of hydrogen-bond donors (Lipinski definition) is 2. The first-order chi connectivity index (χ1) is 15.0. The summed E-state index contributed by atoms with van der Waals surface area (Å²) in [6, 6.07) is 11.5. The molecule has 0 spiro atoms. The first-order valence-electron chi connectivity index (χ1n) is 11.1. The first-order valence-corrected chi connectivity index (χ1v) is 14.5. The molecule has 0 atom stereocenters. The molecule has 0 aliphatic heterocycles. The molecule has 0 bridgehead atoms. The Labute approximate surface area is 192 Å². The van der Waals surface area contributed by atoms with Crippen LogP contribution in [0.2, 0.25) is 0 Å². The zero-order valence-corrected chi connectivity index (χ0v) is 21.7. The van der Waals surface area contributed by atoms with Gasteiger partial charge in [-0.15, -0.1) is 0 Å². The van der Waals surface area contributed by atoms with E-state index in [4.69, 9.17) is 9.05 Å². The molecule has 0 saturated carbocycles. The van der Waals surface area contributed by atoms with Crippen molar-refractivity contribution < 1.29 is 28.0 Å². The third kappa shape index (κ3) is 5.62. The minimum absolute atomic E-state index is 0.0913. The molecule has 0 saturated heterocycles. The van der Waals surface area contributed by atoms with Gasteiger partial charge in [-0.05, 0) is 68.4 Å². The van der Waals surface area contributed by atoms with Crippen LogP contribution >= 0.6 is 15.2 Å². The second kappa shape index (κ2) is 10.8. The van der Waals surface area contributed by atoms with Gasteiger partial charge in [-0.3, -0.25) is 9.13 Å². The summed E-state index contributed by atoms with van der Waals surface area (Å²) < 4.78 is 36.8. The molecule has 0 amide bonds. The molecule has 2 aromatic rings. The quantitative estimate of drug-likeness (QED) is 0.337. The monoisotopic (exact) mass is 482 g/mol. The van der Waals surface area contributed by atoms with Crippen LogP contribution < -0.4 is 0 Å². The predicted octanol–water partition coefficient (Wildman–Crippen LogP) is 6.93. The van der Waals surface area contributed by atoms with Crippen LogP contribution in [0.1, 0.15) is 62.8 Å². The Morgan fingerprint density at radius 1 is 0.844 bits per heavy atom. The van der Waals surface area contributed by atoms with E-state index in [1.807, 2.05) is 52.0 Å². The fourth-order valence-corrected chi connectivity index (χ4v) is 7.31. The van der Waals surface area contributed by atoms with Crippen LogP contribution in [0, 0.1) is 13.8 Å². The van der Waals surface area contributed by atoms with Crippen molar-refractivity contribution in [2.24, 2.45) is 0 Å². The Morgan fingerprint density at radius 3 is 1.94 bits per heavy atom. The Bertz CT molecular complexity index is 1010. The highest BCUT2D eigenvalue weighted by atomic mass is 31.2. The first kappa shape index (κ1) is 27.0. The lowest BCUT2D eigenvalue weighted by atomic mass is 9.84. The van der Waals surface area contributed by atoms with Crippen molar-refractivity contribution in [1.82, 2.24) is 0 Å². The smallest absolute Gasteiger partial charge is 0.324 e. The number of aryl methyl sites for hydroxylation is 2. The third-order valence-corrected chi connectivity index (χ3v) is 10.1. The van der Waals surface area contributed by atoms with E-state index in [-0.39, 0.29) is 19.4 Å². The van der Waals surface area contributed by atoms with Crippen LogP contribution in [0.5, 0.6) is 0 Å². The summed E-state index contributed by atoms with van der Waals surface area (Å²) in [6.45, 7) is 11.7. The molecule has 0 heterocycles. The van der Waals surface area contributed by atoms with E-state index >= 15 is 0 Å². The van der Waals surface area contributed by atoms with Crippen LogP contribution in [-0.4, -0.2) is 23.0 Å². The van der Waals surface area contributed by atoms with Gasteiger partial charge in [0.15, 0.2) is 0 Å². The molecule has 2 rings (SSSR count). The molecule has 0 fully saturated rings. The molecule has 2 aromatic carbocycles. The van der Waals surface area contributed by atoms with Gasteiger partial charge in [0, 0.05) is 0 Å². The van der Waals surface area contributed by atoms with Crippen molar-refractivity contribution in [3.63, 3.8) is 0 Å². The van der Waals surface area contributed by atoms with Crippen molar-refractivity contribution >= 4 is 15.2 Å². The summed E-state index contributed by atoms with van der Waals surface area (Å²) in [6.07, 6.45) is 0.677. The van der Waals surface area contributed by atoms with E-state index < -0.39 is 20.3 Å². The molecule has 0 radical (unpaired) electrons. The van der Waals surface area contributed by atoms with E-state index in [0.29, 0.717) is 18.4 Å². The van der Waals surface area contributed by atoms with Gasteiger partial charge < -0.3 is 18.8 Å². The van der Waals surface area contributed by atoms with E-state index in [0.717, 1.165) is 27.8 Å². The second-order valence-electron chi connectivity index (χ2n) is 8.09. The van der Waals surface area contributed by atoms with Crippen LogP contribution in [-0.2, 0) is 29.5 Å². The molecular formula is C24H36O6P2. The van der Waals surface area contributed by atoms with E-state index in [9.17, 15) is 18.9 Å². The van der Waals surface area contributed by atoms with E-state index in [2.05, 4.69) is 0 Å². The van der Waals surface area contributed by atoms with Gasteiger partial charge in [-0.25, -0.2) is 0 Å². The van der Waals surface area contributed by atoms with Gasteiger partial charge in [0.05, 0.1) is 24.5 Å². The van der Waals surface area contributed by atoms with Gasteiger partial charge in [0.2, 0.25) is 0 Å². The SMILES string of the molecule is CCOP(=O)(Cc1ccc(C(CC)(CC)P(=O)(O)O)c(-c2cc(C)ccc2C)c1)OCC. The van der Waals surface area contributed by atoms with Gasteiger partial charge in [-0.2, -0.15) is 0 Å².